The smallest absolute Gasteiger partial charge is 0.391 e. The zero-order valence-corrected chi connectivity index (χ0v) is 15.1. The number of carboxylic acids is 1. The molecule has 2 N–H and O–H groups in total. The highest BCUT2D eigenvalue weighted by Crippen LogP contribution is 2.41. The molecule has 9 heteroatoms. The summed E-state index contributed by atoms with van der Waals surface area (Å²) in [7, 11) is 2.69. The summed E-state index contributed by atoms with van der Waals surface area (Å²) >= 11 is 0. The van der Waals surface area contributed by atoms with Crippen molar-refractivity contribution in [2.45, 2.75) is 38.3 Å². The molecule has 1 fully saturated rings. The van der Waals surface area contributed by atoms with Gasteiger partial charge in [0.05, 0.1) is 31.4 Å². The first-order chi connectivity index (χ1) is 12.7. The Morgan fingerprint density at radius 1 is 1.15 bits per heavy atom. The number of hydrogen-bond acceptors (Lipinski definition) is 4. The minimum absolute atomic E-state index is 0.0209. The van der Waals surface area contributed by atoms with Gasteiger partial charge >= 0.3 is 12.1 Å². The lowest BCUT2D eigenvalue weighted by molar-refractivity contribution is -0.183. The van der Waals surface area contributed by atoms with Crippen LogP contribution in [0.25, 0.3) is 0 Å². The van der Waals surface area contributed by atoms with Crippen LogP contribution >= 0.6 is 0 Å². The van der Waals surface area contributed by atoms with Gasteiger partial charge < -0.3 is 19.9 Å². The number of anilines is 1. The van der Waals surface area contributed by atoms with Crippen molar-refractivity contribution in [1.82, 2.24) is 0 Å². The highest BCUT2D eigenvalue weighted by atomic mass is 19.4. The van der Waals surface area contributed by atoms with Crippen molar-refractivity contribution in [2.24, 2.45) is 11.8 Å². The first kappa shape index (κ1) is 20.9. The molecule has 1 amide bonds. The second-order valence-corrected chi connectivity index (χ2v) is 6.58. The molecular formula is C18H22F3NO5. The van der Waals surface area contributed by atoms with Crippen LogP contribution in [-0.4, -0.2) is 37.4 Å². The van der Waals surface area contributed by atoms with E-state index in [0.29, 0.717) is 12.8 Å². The average Bonchev–Trinajstić information content (AvgIpc) is 2.60. The van der Waals surface area contributed by atoms with Gasteiger partial charge in [-0.15, -0.1) is 0 Å². The van der Waals surface area contributed by atoms with E-state index in [-0.39, 0.29) is 47.9 Å². The standard InChI is InChI=1S/C18H22F3NO5/c1-26-14-9-11(17(24)25)8-13(16(14)27-2)22-15(23)7-10-3-5-12(6-4-10)18(19,20)21/h8-10,12H,3-7H2,1-2H3,(H,22,23)(H,24,25). The van der Waals surface area contributed by atoms with Crippen molar-refractivity contribution in [2.75, 3.05) is 19.5 Å². The van der Waals surface area contributed by atoms with Gasteiger partial charge in [-0.3, -0.25) is 4.79 Å². The maximum atomic E-state index is 12.7. The second-order valence-electron chi connectivity index (χ2n) is 6.58. The van der Waals surface area contributed by atoms with E-state index in [2.05, 4.69) is 5.32 Å². The zero-order valence-electron chi connectivity index (χ0n) is 15.1. The Balaban J connectivity index is 2.05. The highest BCUT2D eigenvalue weighted by Gasteiger charge is 2.41. The lowest BCUT2D eigenvalue weighted by atomic mass is 9.80. The quantitative estimate of drug-likeness (QED) is 0.765. The monoisotopic (exact) mass is 389 g/mol. The molecule has 0 radical (unpaired) electrons. The van der Waals surface area contributed by atoms with Crippen LogP contribution in [0, 0.1) is 11.8 Å². The number of amides is 1. The third kappa shape index (κ3) is 5.27. The number of carbonyl (C=O) groups is 2. The maximum absolute atomic E-state index is 12.7. The highest BCUT2D eigenvalue weighted by molar-refractivity contribution is 5.96. The summed E-state index contributed by atoms with van der Waals surface area (Å²) in [5, 5.41) is 11.8. The first-order valence-electron chi connectivity index (χ1n) is 8.51. The van der Waals surface area contributed by atoms with Gasteiger partial charge in [-0.25, -0.2) is 4.79 Å². The van der Waals surface area contributed by atoms with Gasteiger partial charge in [-0.2, -0.15) is 13.2 Å². The molecule has 1 aromatic carbocycles. The normalized spacial score (nSPS) is 20.0. The van der Waals surface area contributed by atoms with Gasteiger partial charge in [0.2, 0.25) is 5.91 Å². The van der Waals surface area contributed by atoms with Gasteiger partial charge in [0, 0.05) is 6.42 Å². The molecule has 0 aromatic heterocycles. The summed E-state index contributed by atoms with van der Waals surface area (Å²) in [4.78, 5) is 23.6. The molecule has 1 aliphatic rings. The minimum Gasteiger partial charge on any atom is -0.493 e. The predicted molar refractivity (Wildman–Crippen MR) is 91.3 cm³/mol. The SMILES string of the molecule is COc1cc(C(=O)O)cc(NC(=O)CC2CCC(C(F)(F)F)CC2)c1OC. The fraction of sp³-hybridized carbons (Fsp3) is 0.556. The Morgan fingerprint density at radius 2 is 1.78 bits per heavy atom. The summed E-state index contributed by atoms with van der Waals surface area (Å²) in [6, 6.07) is 2.53. The number of rotatable bonds is 6. The van der Waals surface area contributed by atoms with E-state index in [1.54, 1.807) is 0 Å². The van der Waals surface area contributed by atoms with Crippen LogP contribution in [0.4, 0.5) is 18.9 Å². The van der Waals surface area contributed by atoms with Crippen molar-refractivity contribution in [1.29, 1.82) is 0 Å². The summed E-state index contributed by atoms with van der Waals surface area (Å²) in [5.74, 6) is -2.71. The van der Waals surface area contributed by atoms with E-state index in [4.69, 9.17) is 9.47 Å². The van der Waals surface area contributed by atoms with Crippen LogP contribution < -0.4 is 14.8 Å². The van der Waals surface area contributed by atoms with Crippen molar-refractivity contribution in [3.05, 3.63) is 17.7 Å². The number of methoxy groups -OCH3 is 2. The van der Waals surface area contributed by atoms with Crippen LogP contribution in [0.15, 0.2) is 12.1 Å². The number of ether oxygens (including phenoxy) is 2. The van der Waals surface area contributed by atoms with Crippen molar-refractivity contribution in [3.8, 4) is 11.5 Å². The van der Waals surface area contributed by atoms with Crippen LogP contribution in [0.2, 0.25) is 0 Å². The number of carbonyl (C=O) groups excluding carboxylic acids is 1. The third-order valence-electron chi connectivity index (χ3n) is 4.78. The molecule has 0 atom stereocenters. The fourth-order valence-corrected chi connectivity index (χ4v) is 3.34. The molecular weight excluding hydrogens is 367 g/mol. The fourth-order valence-electron chi connectivity index (χ4n) is 3.34. The summed E-state index contributed by atoms with van der Waals surface area (Å²) < 4.78 is 48.5. The molecule has 0 heterocycles. The Hall–Kier alpha value is -2.45. The number of nitrogens with one attached hydrogen (secondary N) is 1. The first-order valence-corrected chi connectivity index (χ1v) is 8.51. The van der Waals surface area contributed by atoms with Crippen LogP contribution in [0.3, 0.4) is 0 Å². The van der Waals surface area contributed by atoms with Crippen molar-refractivity contribution < 1.29 is 37.3 Å². The number of alkyl halides is 3. The number of hydrogen-bond donors (Lipinski definition) is 2. The Morgan fingerprint density at radius 3 is 2.26 bits per heavy atom. The van der Waals surface area contributed by atoms with Crippen LogP contribution in [0.1, 0.15) is 42.5 Å². The minimum atomic E-state index is -4.19. The number of benzene rings is 1. The summed E-state index contributed by atoms with van der Waals surface area (Å²) in [6.07, 6.45) is -3.43. The van der Waals surface area contributed by atoms with Gasteiger partial charge in [-0.05, 0) is 43.7 Å². The third-order valence-corrected chi connectivity index (χ3v) is 4.78. The number of carboxylic acid groups (broad SMARTS) is 1. The van der Waals surface area contributed by atoms with E-state index < -0.39 is 24.0 Å². The predicted octanol–water partition coefficient (Wildman–Crippen LogP) is 4.10. The van der Waals surface area contributed by atoms with Crippen molar-refractivity contribution >= 4 is 17.6 Å². The van der Waals surface area contributed by atoms with Crippen LogP contribution in [0.5, 0.6) is 11.5 Å². The van der Waals surface area contributed by atoms with Gasteiger partial charge in [-0.1, -0.05) is 0 Å². The summed E-state index contributed by atoms with van der Waals surface area (Å²) in [6.45, 7) is 0. The Kier molecular flexibility index (Phi) is 6.56. The number of halogens is 3. The van der Waals surface area contributed by atoms with E-state index >= 15 is 0 Å². The van der Waals surface area contributed by atoms with Gasteiger partial charge in [0.15, 0.2) is 11.5 Å². The second kappa shape index (κ2) is 8.49. The van der Waals surface area contributed by atoms with Gasteiger partial charge in [0.1, 0.15) is 0 Å². The molecule has 0 unspecified atom stereocenters. The van der Waals surface area contributed by atoms with Gasteiger partial charge in [0.25, 0.3) is 0 Å². The van der Waals surface area contributed by atoms with E-state index in [1.165, 1.54) is 26.4 Å². The molecule has 1 saturated carbocycles. The molecule has 27 heavy (non-hydrogen) atoms. The van der Waals surface area contributed by atoms with E-state index in [1.807, 2.05) is 0 Å². The zero-order chi connectivity index (χ0) is 20.2. The Bertz CT molecular complexity index is 697. The topological polar surface area (TPSA) is 84.9 Å². The van der Waals surface area contributed by atoms with Crippen molar-refractivity contribution in [3.63, 3.8) is 0 Å². The van der Waals surface area contributed by atoms with Crippen LogP contribution in [-0.2, 0) is 4.79 Å². The molecule has 150 valence electrons. The maximum Gasteiger partial charge on any atom is 0.391 e. The molecule has 0 spiro atoms. The largest absolute Gasteiger partial charge is 0.493 e. The molecule has 6 nitrogen and oxygen atoms in total. The average molecular weight is 389 g/mol. The molecule has 0 bridgehead atoms. The lowest BCUT2D eigenvalue weighted by Gasteiger charge is -2.29. The number of aromatic carboxylic acids is 1. The molecule has 0 aliphatic heterocycles. The molecule has 1 aromatic rings. The molecule has 2 rings (SSSR count). The summed E-state index contributed by atoms with van der Waals surface area (Å²) in [5.41, 5.74) is 0.0527. The molecule has 1 aliphatic carbocycles. The molecule has 0 saturated heterocycles. The van der Waals surface area contributed by atoms with E-state index in [0.717, 1.165) is 0 Å². The Labute approximate surface area is 154 Å². The lowest BCUT2D eigenvalue weighted by Crippen LogP contribution is -2.29. The van der Waals surface area contributed by atoms with E-state index in [9.17, 15) is 27.9 Å².